The van der Waals surface area contributed by atoms with Crippen LogP contribution in [0.2, 0.25) is 0 Å². The second kappa shape index (κ2) is 15.3. The summed E-state index contributed by atoms with van der Waals surface area (Å²) in [5, 5.41) is 0. The monoisotopic (exact) mass is 360 g/mol. The summed E-state index contributed by atoms with van der Waals surface area (Å²) in [6.45, 7) is 16.4. The van der Waals surface area contributed by atoms with Crippen LogP contribution in [0.15, 0.2) is 24.3 Å². The third-order valence-corrected chi connectivity index (χ3v) is 6.19. The Hall–Kier alpha value is -0.780. The molecule has 3 aliphatic rings. The van der Waals surface area contributed by atoms with Crippen molar-refractivity contribution in [3.63, 3.8) is 0 Å². The maximum absolute atomic E-state index is 2.21. The first-order valence-corrected chi connectivity index (χ1v) is 11.9. The predicted octanol–water partition coefficient (Wildman–Crippen LogP) is 8.72. The topological polar surface area (TPSA) is 0 Å². The molecule has 1 aromatic rings. The van der Waals surface area contributed by atoms with E-state index in [0.717, 1.165) is 12.8 Å². The van der Waals surface area contributed by atoms with E-state index in [2.05, 4.69) is 38.1 Å². The van der Waals surface area contributed by atoms with Crippen molar-refractivity contribution in [3.05, 3.63) is 35.4 Å². The average Bonchev–Trinajstić information content (AvgIpc) is 3.48. The van der Waals surface area contributed by atoms with Gasteiger partial charge in [-0.2, -0.15) is 0 Å². The lowest BCUT2D eigenvalue weighted by atomic mass is 9.82. The Bertz CT molecular complexity index is 377. The second-order valence-electron chi connectivity index (χ2n) is 7.12. The lowest BCUT2D eigenvalue weighted by Gasteiger charge is -2.23. The molecule has 3 aliphatic carbocycles. The molecule has 2 bridgehead atoms. The van der Waals surface area contributed by atoms with Gasteiger partial charge in [-0.3, -0.25) is 0 Å². The molecule has 3 saturated carbocycles. The smallest absolute Gasteiger partial charge is 0.0307 e. The van der Waals surface area contributed by atoms with Crippen LogP contribution in [0.4, 0.5) is 0 Å². The van der Waals surface area contributed by atoms with Crippen molar-refractivity contribution in [2.75, 3.05) is 0 Å². The molecule has 152 valence electrons. The van der Waals surface area contributed by atoms with Crippen molar-refractivity contribution in [2.24, 2.45) is 23.7 Å². The van der Waals surface area contributed by atoms with Crippen LogP contribution in [0.1, 0.15) is 105 Å². The van der Waals surface area contributed by atoms with E-state index >= 15 is 0 Å². The Balaban J connectivity index is 0.000000375. The van der Waals surface area contributed by atoms with Crippen molar-refractivity contribution in [1.82, 2.24) is 0 Å². The Kier molecular flexibility index (Phi) is 14.8. The van der Waals surface area contributed by atoms with Gasteiger partial charge < -0.3 is 0 Å². The zero-order chi connectivity index (χ0) is 19.9. The van der Waals surface area contributed by atoms with Gasteiger partial charge in [0.1, 0.15) is 0 Å². The molecule has 1 aromatic carbocycles. The molecular formula is C26H48. The van der Waals surface area contributed by atoms with Gasteiger partial charge in [0.25, 0.3) is 0 Å². The fraction of sp³-hybridized carbons (Fsp3) is 0.769. The molecule has 0 saturated heterocycles. The van der Waals surface area contributed by atoms with Crippen LogP contribution in [0.3, 0.4) is 0 Å². The van der Waals surface area contributed by atoms with Crippen LogP contribution < -0.4 is 0 Å². The minimum atomic E-state index is 1.14. The van der Waals surface area contributed by atoms with Gasteiger partial charge in [0.05, 0.1) is 0 Å². The fourth-order valence-electron chi connectivity index (χ4n) is 5.03. The molecule has 0 radical (unpaired) electrons. The summed E-state index contributed by atoms with van der Waals surface area (Å²) in [6, 6.07) is 8.83. The molecule has 0 heteroatoms. The molecule has 0 nitrogen and oxygen atoms in total. The Morgan fingerprint density at radius 3 is 1.27 bits per heavy atom. The van der Waals surface area contributed by atoms with Gasteiger partial charge in [0, 0.05) is 0 Å². The Morgan fingerprint density at radius 1 is 0.615 bits per heavy atom. The van der Waals surface area contributed by atoms with Gasteiger partial charge >= 0.3 is 0 Å². The molecule has 4 rings (SSSR count). The molecule has 0 amide bonds. The van der Waals surface area contributed by atoms with Gasteiger partial charge in [0.2, 0.25) is 0 Å². The molecule has 0 N–H and O–H groups in total. The highest BCUT2D eigenvalue weighted by atomic mass is 14.5. The van der Waals surface area contributed by atoms with Crippen LogP contribution in [-0.2, 0) is 12.8 Å². The Labute approximate surface area is 166 Å². The maximum atomic E-state index is 2.21. The van der Waals surface area contributed by atoms with Crippen molar-refractivity contribution in [1.29, 1.82) is 0 Å². The van der Waals surface area contributed by atoms with Gasteiger partial charge in [0.15, 0.2) is 0 Å². The largest absolute Gasteiger partial charge is 0.0683 e. The van der Waals surface area contributed by atoms with E-state index in [4.69, 9.17) is 0 Å². The SMILES string of the molecule is C1CC2C3CCC(C3)C2C1.CC.CC.CC.CCc1ccc(CC)cc1. The summed E-state index contributed by atoms with van der Waals surface area (Å²) in [6.07, 6.45) is 11.8. The standard InChI is InChI=1S/C10H16.C10H14.3C2H6/c1-2-9-7-4-5-8(6-7)10(9)3-1;1-3-9-5-7-10(4-2)8-6-9;3*1-2/h7-10H,1-6H2;5-8H,3-4H2,1-2H3;3*1-2H3. The number of fused-ring (bicyclic) bond motifs is 5. The highest BCUT2D eigenvalue weighted by molar-refractivity contribution is 5.22. The van der Waals surface area contributed by atoms with Crippen LogP contribution >= 0.6 is 0 Å². The third-order valence-electron chi connectivity index (χ3n) is 6.19. The van der Waals surface area contributed by atoms with Crippen molar-refractivity contribution < 1.29 is 0 Å². The quantitative estimate of drug-likeness (QED) is 0.494. The fourth-order valence-corrected chi connectivity index (χ4v) is 5.03. The molecule has 3 fully saturated rings. The van der Waals surface area contributed by atoms with E-state index < -0.39 is 0 Å². The van der Waals surface area contributed by atoms with E-state index in [0.29, 0.717) is 0 Å². The first-order chi connectivity index (χ1) is 12.8. The minimum Gasteiger partial charge on any atom is -0.0683 e. The molecular weight excluding hydrogens is 312 g/mol. The molecule has 4 unspecified atom stereocenters. The first kappa shape index (κ1) is 25.2. The minimum absolute atomic E-state index is 1.14. The van der Waals surface area contributed by atoms with E-state index in [1.807, 2.05) is 41.5 Å². The van der Waals surface area contributed by atoms with Gasteiger partial charge in [-0.1, -0.05) is 86.1 Å². The van der Waals surface area contributed by atoms with Gasteiger partial charge in [-0.05, 0) is 79.7 Å². The van der Waals surface area contributed by atoms with Crippen LogP contribution in [0.25, 0.3) is 0 Å². The molecule has 0 heterocycles. The molecule has 4 atom stereocenters. The highest BCUT2D eigenvalue weighted by Gasteiger charge is 2.48. The molecule has 0 spiro atoms. The van der Waals surface area contributed by atoms with Crippen molar-refractivity contribution in [2.45, 2.75) is 107 Å². The molecule has 0 aliphatic heterocycles. The van der Waals surface area contributed by atoms with Crippen LogP contribution in [-0.4, -0.2) is 0 Å². The summed E-state index contributed by atoms with van der Waals surface area (Å²) in [7, 11) is 0. The first-order valence-electron chi connectivity index (χ1n) is 11.9. The number of hydrogen-bond donors (Lipinski definition) is 0. The van der Waals surface area contributed by atoms with E-state index in [1.54, 1.807) is 38.5 Å². The highest BCUT2D eigenvalue weighted by Crippen LogP contribution is 2.58. The molecule has 0 aromatic heterocycles. The van der Waals surface area contributed by atoms with Gasteiger partial charge in [-0.25, -0.2) is 0 Å². The number of aryl methyl sites for hydroxylation is 2. The van der Waals surface area contributed by atoms with Crippen LogP contribution in [0, 0.1) is 23.7 Å². The van der Waals surface area contributed by atoms with Crippen molar-refractivity contribution in [3.8, 4) is 0 Å². The molecule has 26 heavy (non-hydrogen) atoms. The number of benzene rings is 1. The second-order valence-corrected chi connectivity index (χ2v) is 7.12. The maximum Gasteiger partial charge on any atom is -0.0307 e. The summed E-state index contributed by atoms with van der Waals surface area (Å²) in [4.78, 5) is 0. The van der Waals surface area contributed by atoms with E-state index in [-0.39, 0.29) is 0 Å². The summed E-state index contributed by atoms with van der Waals surface area (Å²) < 4.78 is 0. The lowest BCUT2D eigenvalue weighted by molar-refractivity contribution is 0.259. The number of rotatable bonds is 2. The number of hydrogen-bond acceptors (Lipinski definition) is 0. The summed E-state index contributed by atoms with van der Waals surface area (Å²) >= 11 is 0. The average molecular weight is 361 g/mol. The summed E-state index contributed by atoms with van der Waals surface area (Å²) in [5.41, 5.74) is 2.86. The third kappa shape index (κ3) is 7.09. The van der Waals surface area contributed by atoms with Crippen LogP contribution in [0.5, 0.6) is 0 Å². The summed E-state index contributed by atoms with van der Waals surface area (Å²) in [5.74, 6) is 4.80. The zero-order valence-electron chi connectivity index (χ0n) is 19.3. The lowest BCUT2D eigenvalue weighted by Crippen LogP contribution is -2.15. The Morgan fingerprint density at radius 2 is 0.962 bits per heavy atom. The zero-order valence-corrected chi connectivity index (χ0v) is 19.3. The normalized spacial score (nSPS) is 26.6. The van der Waals surface area contributed by atoms with E-state index in [9.17, 15) is 0 Å². The van der Waals surface area contributed by atoms with E-state index in [1.165, 1.54) is 34.8 Å². The predicted molar refractivity (Wildman–Crippen MR) is 121 cm³/mol. The van der Waals surface area contributed by atoms with Gasteiger partial charge in [-0.15, -0.1) is 0 Å². The van der Waals surface area contributed by atoms with Crippen molar-refractivity contribution >= 4 is 0 Å².